The first-order chi connectivity index (χ1) is 12.2. The summed E-state index contributed by atoms with van der Waals surface area (Å²) in [6, 6.07) is 10.8. The van der Waals surface area contributed by atoms with Crippen LogP contribution in [0, 0.1) is 0 Å². The summed E-state index contributed by atoms with van der Waals surface area (Å²) in [6.07, 6.45) is 3.00. The molecule has 0 saturated heterocycles. The van der Waals surface area contributed by atoms with E-state index in [4.69, 9.17) is 4.42 Å². The van der Waals surface area contributed by atoms with Gasteiger partial charge in [0.25, 0.3) is 5.91 Å². The molecule has 0 radical (unpaired) electrons. The topological polar surface area (TPSA) is 75.4 Å². The van der Waals surface area contributed by atoms with E-state index in [2.05, 4.69) is 10.3 Å². The predicted molar refractivity (Wildman–Crippen MR) is 98.0 cm³/mol. The Hall–Kier alpha value is -2.48. The van der Waals surface area contributed by atoms with Crippen LogP contribution in [0.25, 0.3) is 10.2 Å². The van der Waals surface area contributed by atoms with Crippen LogP contribution in [0.3, 0.4) is 0 Å². The van der Waals surface area contributed by atoms with Crippen molar-refractivity contribution in [3.8, 4) is 0 Å². The number of aliphatic hydroxyl groups is 1. The molecule has 7 heteroatoms. The molecule has 0 aliphatic carbocycles. The molecule has 1 atom stereocenters. The number of rotatable bonds is 5. The molecule has 0 aliphatic rings. The molecule has 0 aliphatic heterocycles. The minimum absolute atomic E-state index is 0.0482. The lowest BCUT2D eigenvalue weighted by Crippen LogP contribution is -2.41. The van der Waals surface area contributed by atoms with E-state index in [0.29, 0.717) is 11.1 Å². The van der Waals surface area contributed by atoms with E-state index in [9.17, 15) is 9.90 Å². The fraction of sp³-hybridized carbons (Fsp3) is 0.111. The lowest BCUT2D eigenvalue weighted by atomic mass is 9.94. The van der Waals surface area contributed by atoms with Crippen molar-refractivity contribution in [1.82, 2.24) is 10.3 Å². The van der Waals surface area contributed by atoms with Crippen molar-refractivity contribution < 1.29 is 14.3 Å². The number of hydrogen-bond donors (Lipinski definition) is 2. The number of nitrogens with zero attached hydrogens (tertiary/aromatic N) is 1. The van der Waals surface area contributed by atoms with Gasteiger partial charge in [-0.2, -0.15) is 0 Å². The van der Waals surface area contributed by atoms with E-state index in [0.717, 1.165) is 15.1 Å². The molecule has 4 rings (SSSR count). The van der Waals surface area contributed by atoms with Gasteiger partial charge >= 0.3 is 0 Å². The number of thiazole rings is 1. The second-order valence-corrected chi connectivity index (χ2v) is 7.40. The Morgan fingerprint density at radius 2 is 2.20 bits per heavy atom. The fourth-order valence-corrected chi connectivity index (χ4v) is 4.21. The first-order valence-electron chi connectivity index (χ1n) is 7.57. The first-order valence-corrected chi connectivity index (χ1v) is 9.33. The van der Waals surface area contributed by atoms with Crippen molar-refractivity contribution in [2.75, 3.05) is 6.54 Å². The Balaban J connectivity index is 1.58. The molecule has 0 saturated carbocycles. The molecule has 1 amide bonds. The SMILES string of the molecule is O=C(NCC(O)(c1ccoc1)c1cccs1)c1ccc2ncsc2c1. The van der Waals surface area contributed by atoms with Crippen molar-refractivity contribution in [3.63, 3.8) is 0 Å². The van der Waals surface area contributed by atoms with Gasteiger partial charge in [0, 0.05) is 16.0 Å². The van der Waals surface area contributed by atoms with Crippen LogP contribution in [0.15, 0.2) is 64.2 Å². The molecule has 25 heavy (non-hydrogen) atoms. The van der Waals surface area contributed by atoms with Crippen molar-refractivity contribution in [2.24, 2.45) is 0 Å². The Bertz CT molecular complexity index is 956. The maximum absolute atomic E-state index is 12.5. The van der Waals surface area contributed by atoms with Crippen LogP contribution in [-0.2, 0) is 5.60 Å². The lowest BCUT2D eigenvalue weighted by Gasteiger charge is -2.26. The second kappa shape index (κ2) is 6.44. The average Bonchev–Trinajstić information content (AvgIpc) is 3.40. The molecule has 5 nitrogen and oxygen atoms in total. The van der Waals surface area contributed by atoms with Crippen molar-refractivity contribution in [2.45, 2.75) is 5.60 Å². The second-order valence-electron chi connectivity index (χ2n) is 5.57. The molecule has 3 heterocycles. The minimum atomic E-state index is -1.33. The summed E-state index contributed by atoms with van der Waals surface area (Å²) in [7, 11) is 0. The molecule has 0 fully saturated rings. The molecular formula is C18H14N2O3S2. The normalized spacial score (nSPS) is 13.6. The zero-order valence-electron chi connectivity index (χ0n) is 13.0. The maximum atomic E-state index is 12.5. The molecule has 3 aromatic heterocycles. The highest BCUT2D eigenvalue weighted by molar-refractivity contribution is 7.16. The predicted octanol–water partition coefficient (Wildman–Crippen LogP) is 3.62. The Morgan fingerprint density at radius 1 is 1.28 bits per heavy atom. The van der Waals surface area contributed by atoms with E-state index in [1.54, 1.807) is 17.6 Å². The monoisotopic (exact) mass is 370 g/mol. The van der Waals surface area contributed by atoms with Crippen LogP contribution in [0.2, 0.25) is 0 Å². The summed E-state index contributed by atoms with van der Waals surface area (Å²) >= 11 is 2.92. The number of hydrogen-bond acceptors (Lipinski definition) is 6. The van der Waals surface area contributed by atoms with Gasteiger partial charge in [0.05, 0.1) is 34.8 Å². The molecular weight excluding hydrogens is 356 g/mol. The Labute approximate surface area is 151 Å². The number of fused-ring (bicyclic) bond motifs is 1. The number of amides is 1. The largest absolute Gasteiger partial charge is 0.472 e. The molecule has 0 spiro atoms. The number of furan rings is 1. The highest BCUT2D eigenvalue weighted by atomic mass is 32.1. The van der Waals surface area contributed by atoms with Crippen LogP contribution >= 0.6 is 22.7 Å². The summed E-state index contributed by atoms with van der Waals surface area (Å²) in [5.74, 6) is -0.242. The van der Waals surface area contributed by atoms with Gasteiger partial charge in [0.15, 0.2) is 0 Å². The van der Waals surface area contributed by atoms with Crippen LogP contribution in [0.1, 0.15) is 20.8 Å². The quantitative estimate of drug-likeness (QED) is 0.563. The maximum Gasteiger partial charge on any atom is 0.251 e. The van der Waals surface area contributed by atoms with Gasteiger partial charge in [-0.15, -0.1) is 22.7 Å². The van der Waals surface area contributed by atoms with Gasteiger partial charge in [-0.1, -0.05) is 6.07 Å². The molecule has 1 aromatic carbocycles. The summed E-state index contributed by atoms with van der Waals surface area (Å²) < 4.78 is 6.07. The minimum Gasteiger partial charge on any atom is -0.472 e. The zero-order chi connectivity index (χ0) is 17.3. The smallest absolute Gasteiger partial charge is 0.251 e. The molecule has 4 aromatic rings. The summed E-state index contributed by atoms with van der Waals surface area (Å²) in [5, 5.41) is 15.9. The Morgan fingerprint density at radius 3 is 2.96 bits per heavy atom. The molecule has 126 valence electrons. The van der Waals surface area contributed by atoms with E-state index >= 15 is 0 Å². The van der Waals surface area contributed by atoms with E-state index in [1.165, 1.54) is 35.2 Å². The van der Waals surface area contributed by atoms with Gasteiger partial charge in [-0.05, 0) is 35.7 Å². The zero-order valence-corrected chi connectivity index (χ0v) is 14.6. The van der Waals surface area contributed by atoms with Crippen LogP contribution in [0.5, 0.6) is 0 Å². The van der Waals surface area contributed by atoms with Crippen molar-refractivity contribution >= 4 is 38.8 Å². The van der Waals surface area contributed by atoms with Crippen LogP contribution in [-0.4, -0.2) is 22.5 Å². The summed E-state index contributed by atoms with van der Waals surface area (Å²) in [5.41, 5.74) is 2.44. The first kappa shape index (κ1) is 16.0. The van der Waals surface area contributed by atoms with E-state index in [-0.39, 0.29) is 12.5 Å². The lowest BCUT2D eigenvalue weighted by molar-refractivity contribution is 0.0714. The van der Waals surface area contributed by atoms with Gasteiger partial charge < -0.3 is 14.8 Å². The standard InChI is InChI=1S/C18H14N2O3S2/c21-17(12-3-4-14-15(8-12)25-11-20-14)19-10-18(22,13-5-6-23-9-13)16-2-1-7-24-16/h1-9,11,22H,10H2,(H,19,21). The number of aromatic nitrogens is 1. The highest BCUT2D eigenvalue weighted by Crippen LogP contribution is 2.32. The molecule has 1 unspecified atom stereocenters. The fourth-order valence-electron chi connectivity index (χ4n) is 2.65. The number of carbonyl (C=O) groups is 1. The summed E-state index contributed by atoms with van der Waals surface area (Å²) in [6.45, 7) is 0.0482. The number of carbonyl (C=O) groups excluding carboxylic acids is 1. The van der Waals surface area contributed by atoms with Crippen molar-refractivity contribution in [1.29, 1.82) is 0 Å². The van der Waals surface area contributed by atoms with Gasteiger partial charge in [0.2, 0.25) is 0 Å². The van der Waals surface area contributed by atoms with Gasteiger partial charge in [-0.25, -0.2) is 4.98 Å². The third kappa shape index (κ3) is 2.97. The third-order valence-electron chi connectivity index (χ3n) is 4.03. The molecule has 0 bridgehead atoms. The molecule has 2 N–H and O–H groups in total. The van der Waals surface area contributed by atoms with Crippen LogP contribution < -0.4 is 5.32 Å². The highest BCUT2D eigenvalue weighted by Gasteiger charge is 2.34. The number of nitrogens with one attached hydrogen (secondary N) is 1. The third-order valence-corrected chi connectivity index (χ3v) is 5.84. The average molecular weight is 370 g/mol. The summed E-state index contributed by atoms with van der Waals surface area (Å²) in [4.78, 5) is 17.5. The van der Waals surface area contributed by atoms with E-state index in [1.807, 2.05) is 29.6 Å². The van der Waals surface area contributed by atoms with Crippen molar-refractivity contribution in [3.05, 3.63) is 75.8 Å². The van der Waals surface area contributed by atoms with Gasteiger partial charge in [-0.3, -0.25) is 4.79 Å². The number of thiophene rings is 1. The van der Waals surface area contributed by atoms with Gasteiger partial charge in [0.1, 0.15) is 5.60 Å². The van der Waals surface area contributed by atoms with E-state index < -0.39 is 5.60 Å². The Kier molecular flexibility index (Phi) is 4.12. The number of benzene rings is 1. The van der Waals surface area contributed by atoms with Crippen LogP contribution in [0.4, 0.5) is 0 Å².